The number of thiazole rings is 2. The highest BCUT2D eigenvalue weighted by molar-refractivity contribution is 7.26. The largest absolute Gasteiger partial charge is 0.494 e. The fourth-order valence-electron chi connectivity index (χ4n) is 2.93. The first-order valence-corrected chi connectivity index (χ1v) is 11.4. The number of thiophene rings is 1. The summed E-state index contributed by atoms with van der Waals surface area (Å²) in [6.07, 6.45) is 0. The van der Waals surface area contributed by atoms with Crippen molar-refractivity contribution < 1.29 is 9.53 Å². The topological polar surface area (TPSA) is 64.1 Å². The van der Waals surface area contributed by atoms with Gasteiger partial charge in [0, 0.05) is 0 Å². The predicted octanol–water partition coefficient (Wildman–Crippen LogP) is 6.29. The van der Waals surface area contributed by atoms with Crippen LogP contribution in [0.1, 0.15) is 16.6 Å². The van der Waals surface area contributed by atoms with Crippen LogP contribution in [0.25, 0.3) is 30.3 Å². The molecule has 3 heterocycles. The molecular formula is C21H15N3O2S3. The van der Waals surface area contributed by atoms with Crippen LogP contribution in [0.4, 0.5) is 5.13 Å². The van der Waals surface area contributed by atoms with Crippen molar-refractivity contribution in [1.29, 1.82) is 0 Å². The van der Waals surface area contributed by atoms with E-state index < -0.39 is 0 Å². The number of benzene rings is 2. The minimum Gasteiger partial charge on any atom is -0.494 e. The zero-order valence-electron chi connectivity index (χ0n) is 15.3. The Morgan fingerprint density at radius 2 is 1.83 bits per heavy atom. The number of nitrogens with one attached hydrogen (secondary N) is 1. The van der Waals surface area contributed by atoms with Gasteiger partial charge >= 0.3 is 0 Å². The molecule has 144 valence electrons. The number of hydrogen-bond donors (Lipinski definition) is 1. The molecule has 0 aliphatic rings. The molecule has 5 rings (SSSR count). The van der Waals surface area contributed by atoms with Crippen molar-refractivity contribution in [1.82, 2.24) is 9.97 Å². The van der Waals surface area contributed by atoms with Gasteiger partial charge in [0.1, 0.15) is 10.8 Å². The SMILES string of the molecule is CCOc1ccc2nc(NC(=O)c3ccc(-c4nc5ccccc5s4)s3)sc2c1. The van der Waals surface area contributed by atoms with E-state index in [0.717, 1.165) is 36.1 Å². The highest BCUT2D eigenvalue weighted by Crippen LogP contribution is 2.35. The van der Waals surface area contributed by atoms with Gasteiger partial charge in [0.05, 0.1) is 36.8 Å². The van der Waals surface area contributed by atoms with Crippen molar-refractivity contribution in [2.45, 2.75) is 6.92 Å². The van der Waals surface area contributed by atoms with Crippen molar-refractivity contribution in [3.05, 3.63) is 59.5 Å². The van der Waals surface area contributed by atoms with Gasteiger partial charge in [-0.1, -0.05) is 23.5 Å². The maximum absolute atomic E-state index is 12.7. The first kappa shape index (κ1) is 18.2. The van der Waals surface area contributed by atoms with Crippen molar-refractivity contribution in [3.63, 3.8) is 0 Å². The number of nitrogens with zero attached hydrogens (tertiary/aromatic N) is 2. The lowest BCUT2D eigenvalue weighted by Crippen LogP contribution is -2.09. The monoisotopic (exact) mass is 437 g/mol. The minimum absolute atomic E-state index is 0.161. The van der Waals surface area contributed by atoms with Crippen molar-refractivity contribution in [2.75, 3.05) is 11.9 Å². The number of para-hydroxylation sites is 1. The van der Waals surface area contributed by atoms with E-state index in [9.17, 15) is 4.79 Å². The van der Waals surface area contributed by atoms with E-state index in [4.69, 9.17) is 4.74 Å². The van der Waals surface area contributed by atoms with Gasteiger partial charge in [0.2, 0.25) is 0 Å². The Bertz CT molecular complexity index is 1300. The number of carbonyl (C=O) groups excluding carboxylic acids is 1. The zero-order chi connectivity index (χ0) is 19.8. The summed E-state index contributed by atoms with van der Waals surface area (Å²) in [5.74, 6) is 0.645. The third kappa shape index (κ3) is 3.62. The lowest BCUT2D eigenvalue weighted by atomic mass is 10.3. The second-order valence-corrected chi connectivity index (χ2v) is 9.33. The highest BCUT2D eigenvalue weighted by atomic mass is 32.1. The molecule has 0 saturated carbocycles. The van der Waals surface area contributed by atoms with Crippen LogP contribution in [0.2, 0.25) is 0 Å². The Hall–Kier alpha value is -2.81. The summed E-state index contributed by atoms with van der Waals surface area (Å²) in [5.41, 5.74) is 1.82. The minimum atomic E-state index is -0.161. The average molecular weight is 438 g/mol. The Morgan fingerprint density at radius 3 is 2.69 bits per heavy atom. The van der Waals surface area contributed by atoms with E-state index in [2.05, 4.69) is 21.4 Å². The Morgan fingerprint density at radius 1 is 0.966 bits per heavy atom. The van der Waals surface area contributed by atoms with Crippen LogP contribution in [0.3, 0.4) is 0 Å². The van der Waals surface area contributed by atoms with E-state index in [1.807, 2.05) is 55.5 Å². The molecule has 1 N–H and O–H groups in total. The lowest BCUT2D eigenvalue weighted by Gasteiger charge is -2.00. The van der Waals surface area contributed by atoms with Crippen LogP contribution in [-0.2, 0) is 0 Å². The summed E-state index contributed by atoms with van der Waals surface area (Å²) in [6.45, 7) is 2.56. The molecular weight excluding hydrogens is 422 g/mol. The van der Waals surface area contributed by atoms with E-state index in [1.165, 1.54) is 22.7 Å². The first-order valence-electron chi connectivity index (χ1n) is 9.00. The molecule has 0 spiro atoms. The molecule has 5 nitrogen and oxygen atoms in total. The van der Waals surface area contributed by atoms with Crippen LogP contribution in [0, 0.1) is 0 Å². The number of ether oxygens (including phenoxy) is 1. The van der Waals surface area contributed by atoms with Gasteiger partial charge in [-0.15, -0.1) is 22.7 Å². The second-order valence-electron chi connectivity index (χ2n) is 6.19. The summed E-state index contributed by atoms with van der Waals surface area (Å²) in [4.78, 5) is 23.5. The fourth-order valence-corrected chi connectivity index (χ4v) is 5.74. The van der Waals surface area contributed by atoms with Crippen molar-refractivity contribution >= 4 is 65.5 Å². The molecule has 0 saturated heterocycles. The number of carbonyl (C=O) groups is 1. The van der Waals surface area contributed by atoms with Crippen LogP contribution < -0.4 is 10.1 Å². The molecule has 0 unspecified atom stereocenters. The van der Waals surface area contributed by atoms with E-state index >= 15 is 0 Å². The van der Waals surface area contributed by atoms with Gasteiger partial charge < -0.3 is 4.74 Å². The third-order valence-corrected chi connectivity index (χ3v) is 7.45. The van der Waals surface area contributed by atoms with Crippen LogP contribution in [0.15, 0.2) is 54.6 Å². The molecule has 1 amide bonds. The lowest BCUT2D eigenvalue weighted by molar-refractivity contribution is 0.103. The molecule has 29 heavy (non-hydrogen) atoms. The Kier molecular flexibility index (Phi) is 4.75. The molecule has 2 aromatic carbocycles. The zero-order valence-corrected chi connectivity index (χ0v) is 17.8. The normalized spacial score (nSPS) is 11.2. The van der Waals surface area contributed by atoms with Gasteiger partial charge in [-0.3, -0.25) is 10.1 Å². The molecule has 0 bridgehead atoms. The molecule has 0 aliphatic heterocycles. The van der Waals surface area contributed by atoms with Gasteiger partial charge in [0.25, 0.3) is 5.91 Å². The van der Waals surface area contributed by atoms with Crippen molar-refractivity contribution in [2.24, 2.45) is 0 Å². The number of aromatic nitrogens is 2. The second kappa shape index (κ2) is 7.55. The van der Waals surface area contributed by atoms with Crippen LogP contribution >= 0.6 is 34.0 Å². The Balaban J connectivity index is 1.36. The molecule has 0 fully saturated rings. The number of anilines is 1. The summed E-state index contributed by atoms with van der Waals surface area (Å²) in [6, 6.07) is 17.6. The molecule has 0 aliphatic carbocycles. The molecule has 0 atom stereocenters. The third-order valence-electron chi connectivity index (χ3n) is 4.23. The first-order chi connectivity index (χ1) is 14.2. The van der Waals surface area contributed by atoms with Gasteiger partial charge in [0.15, 0.2) is 5.13 Å². The number of rotatable bonds is 5. The van der Waals surface area contributed by atoms with Crippen LogP contribution in [-0.4, -0.2) is 22.5 Å². The summed E-state index contributed by atoms with van der Waals surface area (Å²) >= 11 is 4.51. The molecule has 5 aromatic rings. The maximum Gasteiger partial charge on any atom is 0.267 e. The van der Waals surface area contributed by atoms with Crippen molar-refractivity contribution in [3.8, 4) is 15.6 Å². The standard InChI is InChI=1S/C21H15N3O2S3/c1-2-26-12-7-8-14-18(11-12)29-21(23-14)24-19(25)16-9-10-17(27-16)20-22-13-5-3-4-6-15(13)28-20/h3-11H,2H2,1H3,(H,23,24,25). The molecule has 8 heteroatoms. The highest BCUT2D eigenvalue weighted by Gasteiger charge is 2.15. The van der Waals surface area contributed by atoms with E-state index in [1.54, 1.807) is 11.3 Å². The van der Waals surface area contributed by atoms with Crippen LogP contribution in [0.5, 0.6) is 5.75 Å². The number of hydrogen-bond acceptors (Lipinski definition) is 7. The molecule has 0 radical (unpaired) electrons. The average Bonchev–Trinajstić information content (AvgIpc) is 3.44. The fraction of sp³-hybridized carbons (Fsp3) is 0.0952. The number of fused-ring (bicyclic) bond motifs is 2. The smallest absolute Gasteiger partial charge is 0.267 e. The maximum atomic E-state index is 12.7. The summed E-state index contributed by atoms with van der Waals surface area (Å²) in [7, 11) is 0. The Labute approximate surface area is 178 Å². The quantitative estimate of drug-likeness (QED) is 0.351. The predicted molar refractivity (Wildman–Crippen MR) is 122 cm³/mol. The van der Waals surface area contributed by atoms with E-state index in [-0.39, 0.29) is 5.91 Å². The molecule has 3 aromatic heterocycles. The number of amides is 1. The van der Waals surface area contributed by atoms with E-state index in [0.29, 0.717) is 16.6 Å². The summed E-state index contributed by atoms with van der Waals surface area (Å²) < 4.78 is 7.65. The summed E-state index contributed by atoms with van der Waals surface area (Å²) in [5, 5.41) is 4.42. The van der Waals surface area contributed by atoms with Gasteiger partial charge in [-0.2, -0.15) is 0 Å². The van der Waals surface area contributed by atoms with Gasteiger partial charge in [-0.05, 0) is 49.4 Å². The van der Waals surface area contributed by atoms with Gasteiger partial charge in [-0.25, -0.2) is 9.97 Å².